The number of hydrogen-bond donors (Lipinski definition) is 1. The zero-order valence-electron chi connectivity index (χ0n) is 11.3. The number of benzene rings is 1. The second-order valence-corrected chi connectivity index (χ2v) is 7.43. The van der Waals surface area contributed by atoms with Crippen molar-refractivity contribution in [3.8, 4) is 0 Å². The summed E-state index contributed by atoms with van der Waals surface area (Å²) in [5.74, 6) is -0.378. The predicted molar refractivity (Wildman–Crippen MR) is 81.3 cm³/mol. The Labute approximate surface area is 123 Å². The third-order valence-electron chi connectivity index (χ3n) is 3.44. The molecule has 1 aromatic rings. The van der Waals surface area contributed by atoms with Crippen molar-refractivity contribution in [1.29, 1.82) is 0 Å². The first kappa shape index (κ1) is 15.1. The van der Waals surface area contributed by atoms with E-state index < -0.39 is 0 Å². The Hall–Kier alpha value is -0.290. The number of halogens is 2. The van der Waals surface area contributed by atoms with E-state index in [1.54, 1.807) is 12.1 Å². The van der Waals surface area contributed by atoms with E-state index in [1.807, 2.05) is 11.8 Å². The van der Waals surface area contributed by atoms with Crippen LogP contribution in [0.1, 0.15) is 25.5 Å². The summed E-state index contributed by atoms with van der Waals surface area (Å²) in [6.07, 6.45) is 0. The molecule has 5 heteroatoms. The lowest BCUT2D eigenvalue weighted by atomic mass is 10.0. The highest BCUT2D eigenvalue weighted by Crippen LogP contribution is 2.31. The molecule has 0 bridgehead atoms. The maximum absolute atomic E-state index is 13.3. The second-order valence-electron chi connectivity index (χ2n) is 5.14. The van der Waals surface area contributed by atoms with Crippen LogP contribution in [0.15, 0.2) is 18.2 Å². The Morgan fingerprint density at radius 3 is 2.58 bits per heavy atom. The summed E-state index contributed by atoms with van der Waals surface area (Å²) >= 11 is 7.88. The van der Waals surface area contributed by atoms with Crippen molar-refractivity contribution in [2.24, 2.45) is 5.73 Å². The predicted octanol–water partition coefficient (Wildman–Crippen LogP) is 3.30. The van der Waals surface area contributed by atoms with Crippen LogP contribution in [0.5, 0.6) is 0 Å². The van der Waals surface area contributed by atoms with E-state index in [4.69, 9.17) is 17.3 Å². The fraction of sp³-hybridized carbons (Fsp3) is 0.571. The lowest BCUT2D eigenvalue weighted by Crippen LogP contribution is -2.44. The number of nitrogens with two attached hydrogens (primary N) is 1. The van der Waals surface area contributed by atoms with Crippen molar-refractivity contribution >= 4 is 23.4 Å². The molecule has 2 rings (SSSR count). The van der Waals surface area contributed by atoms with Crippen molar-refractivity contribution < 1.29 is 4.39 Å². The van der Waals surface area contributed by atoms with Crippen LogP contribution in [-0.2, 0) is 0 Å². The summed E-state index contributed by atoms with van der Waals surface area (Å²) in [4.78, 5) is 2.38. The average molecular weight is 303 g/mol. The van der Waals surface area contributed by atoms with Crippen molar-refractivity contribution in [2.75, 3.05) is 19.6 Å². The molecule has 0 aromatic heterocycles. The van der Waals surface area contributed by atoms with E-state index in [0.29, 0.717) is 17.0 Å². The third kappa shape index (κ3) is 3.63. The Kier molecular flexibility index (Phi) is 5.12. The molecule has 3 atom stereocenters. The molecule has 3 unspecified atom stereocenters. The van der Waals surface area contributed by atoms with Gasteiger partial charge in [0.05, 0.1) is 5.02 Å². The SMILES string of the molecule is CC1CN(C(CN)c2ccc(F)c(Cl)c2)CC(C)S1. The summed E-state index contributed by atoms with van der Waals surface area (Å²) in [5, 5.41) is 1.35. The highest BCUT2D eigenvalue weighted by molar-refractivity contribution is 8.00. The maximum Gasteiger partial charge on any atom is 0.141 e. The monoisotopic (exact) mass is 302 g/mol. The molecule has 0 saturated carbocycles. The number of hydrogen-bond acceptors (Lipinski definition) is 3. The molecule has 2 N–H and O–H groups in total. The molecular formula is C14H20ClFN2S. The number of thioether (sulfide) groups is 1. The Balaban J connectivity index is 2.21. The van der Waals surface area contributed by atoms with E-state index >= 15 is 0 Å². The highest BCUT2D eigenvalue weighted by Gasteiger charge is 2.28. The summed E-state index contributed by atoms with van der Waals surface area (Å²) in [5.41, 5.74) is 6.93. The van der Waals surface area contributed by atoms with Crippen LogP contribution >= 0.6 is 23.4 Å². The van der Waals surface area contributed by atoms with Gasteiger partial charge in [-0.1, -0.05) is 31.5 Å². The van der Waals surface area contributed by atoms with Crippen LogP contribution in [0.2, 0.25) is 5.02 Å². The molecule has 0 radical (unpaired) electrons. The standard InChI is InChI=1S/C14H20ClFN2S/c1-9-7-18(8-10(2)19-9)14(6-17)11-3-4-13(16)12(15)5-11/h3-5,9-10,14H,6-8,17H2,1-2H3. The van der Waals surface area contributed by atoms with E-state index in [-0.39, 0.29) is 16.9 Å². The fourth-order valence-corrected chi connectivity index (χ4v) is 4.22. The Morgan fingerprint density at radius 1 is 1.42 bits per heavy atom. The minimum atomic E-state index is -0.378. The molecule has 0 aliphatic carbocycles. The maximum atomic E-state index is 13.3. The van der Waals surface area contributed by atoms with Gasteiger partial charge in [0.15, 0.2) is 0 Å². The van der Waals surface area contributed by atoms with E-state index in [1.165, 1.54) is 6.07 Å². The van der Waals surface area contributed by atoms with E-state index in [2.05, 4.69) is 18.7 Å². The summed E-state index contributed by atoms with van der Waals surface area (Å²) < 4.78 is 13.3. The van der Waals surface area contributed by atoms with Gasteiger partial charge in [-0.25, -0.2) is 4.39 Å². The third-order valence-corrected chi connectivity index (χ3v) is 4.96. The highest BCUT2D eigenvalue weighted by atomic mass is 35.5. The largest absolute Gasteiger partial charge is 0.329 e. The Morgan fingerprint density at radius 2 is 2.05 bits per heavy atom. The van der Waals surface area contributed by atoms with Gasteiger partial charge in [-0.2, -0.15) is 11.8 Å². The molecule has 19 heavy (non-hydrogen) atoms. The van der Waals surface area contributed by atoms with Crippen LogP contribution < -0.4 is 5.73 Å². The first-order valence-corrected chi connectivity index (χ1v) is 7.88. The molecule has 1 aliphatic rings. The fourth-order valence-electron chi connectivity index (χ4n) is 2.69. The topological polar surface area (TPSA) is 29.3 Å². The van der Waals surface area contributed by atoms with Gasteiger partial charge in [0.2, 0.25) is 0 Å². The van der Waals surface area contributed by atoms with Crippen molar-refractivity contribution in [3.63, 3.8) is 0 Å². The molecule has 1 aromatic carbocycles. The van der Waals surface area contributed by atoms with Gasteiger partial charge in [-0.3, -0.25) is 4.90 Å². The number of rotatable bonds is 3. The van der Waals surface area contributed by atoms with Gasteiger partial charge < -0.3 is 5.73 Å². The van der Waals surface area contributed by atoms with Crippen LogP contribution in [0.3, 0.4) is 0 Å². The average Bonchev–Trinajstić information content (AvgIpc) is 2.33. The Bertz CT molecular complexity index is 433. The molecule has 0 spiro atoms. The normalized spacial score (nSPS) is 26.4. The zero-order chi connectivity index (χ0) is 14.0. The van der Waals surface area contributed by atoms with Gasteiger partial charge in [0.25, 0.3) is 0 Å². The van der Waals surface area contributed by atoms with Crippen molar-refractivity contribution in [1.82, 2.24) is 4.90 Å². The van der Waals surface area contributed by atoms with Gasteiger partial charge in [0.1, 0.15) is 5.82 Å². The van der Waals surface area contributed by atoms with Crippen LogP contribution in [0.4, 0.5) is 4.39 Å². The quantitative estimate of drug-likeness (QED) is 0.929. The molecule has 1 fully saturated rings. The van der Waals surface area contributed by atoms with Crippen LogP contribution in [-0.4, -0.2) is 35.0 Å². The summed E-state index contributed by atoms with van der Waals surface area (Å²) in [6, 6.07) is 5.02. The molecule has 1 saturated heterocycles. The lowest BCUT2D eigenvalue weighted by Gasteiger charge is -2.39. The minimum Gasteiger partial charge on any atom is -0.329 e. The molecule has 1 heterocycles. The van der Waals surface area contributed by atoms with Crippen molar-refractivity contribution in [3.05, 3.63) is 34.6 Å². The van der Waals surface area contributed by atoms with Gasteiger partial charge >= 0.3 is 0 Å². The van der Waals surface area contributed by atoms with Crippen LogP contribution in [0, 0.1) is 5.82 Å². The molecule has 106 valence electrons. The lowest BCUT2D eigenvalue weighted by molar-refractivity contribution is 0.199. The minimum absolute atomic E-state index is 0.115. The number of nitrogens with zero attached hydrogens (tertiary/aromatic N) is 1. The molecule has 0 amide bonds. The zero-order valence-corrected chi connectivity index (χ0v) is 12.8. The second kappa shape index (κ2) is 6.44. The summed E-state index contributed by atoms with van der Waals surface area (Å²) in [6.45, 7) is 7.00. The van der Waals surface area contributed by atoms with E-state index in [9.17, 15) is 4.39 Å². The smallest absolute Gasteiger partial charge is 0.141 e. The molecule has 2 nitrogen and oxygen atoms in total. The molecular weight excluding hydrogens is 283 g/mol. The van der Waals surface area contributed by atoms with Gasteiger partial charge in [0, 0.05) is 36.2 Å². The van der Waals surface area contributed by atoms with E-state index in [0.717, 1.165) is 18.7 Å². The van der Waals surface area contributed by atoms with Crippen molar-refractivity contribution in [2.45, 2.75) is 30.4 Å². The van der Waals surface area contributed by atoms with Gasteiger partial charge in [-0.05, 0) is 17.7 Å². The molecule has 1 aliphatic heterocycles. The van der Waals surface area contributed by atoms with Gasteiger partial charge in [-0.15, -0.1) is 0 Å². The first-order valence-electron chi connectivity index (χ1n) is 6.55. The first-order chi connectivity index (χ1) is 9.01. The van der Waals surface area contributed by atoms with Crippen LogP contribution in [0.25, 0.3) is 0 Å². The summed E-state index contributed by atoms with van der Waals surface area (Å²) in [7, 11) is 0.